The van der Waals surface area contributed by atoms with Crippen LogP contribution in [0.25, 0.3) is 0 Å². The zero-order valence-electron chi connectivity index (χ0n) is 11.0. The quantitative estimate of drug-likeness (QED) is 0.835. The van der Waals surface area contributed by atoms with E-state index in [4.69, 9.17) is 0 Å². The van der Waals surface area contributed by atoms with Crippen LogP contribution in [0.2, 0.25) is 0 Å². The number of nitrogens with one attached hydrogen (secondary N) is 2. The molecule has 3 heteroatoms. The maximum Gasteiger partial charge on any atom is 0.221 e. The summed E-state index contributed by atoms with van der Waals surface area (Å²) >= 11 is 0. The molecule has 2 N–H and O–H groups in total. The van der Waals surface area contributed by atoms with Crippen LogP contribution in [0.4, 0.5) is 0 Å². The van der Waals surface area contributed by atoms with Crippen molar-refractivity contribution in [2.45, 2.75) is 38.1 Å². The average molecular weight is 246 g/mol. The number of carbonyl (C=O) groups excluding carboxylic acids is 1. The van der Waals surface area contributed by atoms with Gasteiger partial charge in [0.15, 0.2) is 0 Å². The van der Waals surface area contributed by atoms with Gasteiger partial charge in [-0.2, -0.15) is 0 Å². The molecule has 1 heterocycles. The Morgan fingerprint density at radius 1 is 1.44 bits per heavy atom. The summed E-state index contributed by atoms with van der Waals surface area (Å²) in [4.78, 5) is 11.8. The molecule has 2 unspecified atom stereocenters. The van der Waals surface area contributed by atoms with Gasteiger partial charge in [0.1, 0.15) is 0 Å². The van der Waals surface area contributed by atoms with E-state index in [0.29, 0.717) is 18.4 Å². The molecule has 2 atom stereocenters. The standard InChI is InChI=1S/C15H22N2O/c1-12(13-6-3-2-4-7-13)11-17-15(18)10-14-8-5-9-16-14/h2-4,6-7,12,14,16H,5,8-11H2,1H3,(H,17,18). The first-order valence-corrected chi connectivity index (χ1v) is 6.80. The molecule has 1 aliphatic rings. The molecule has 18 heavy (non-hydrogen) atoms. The number of amides is 1. The van der Waals surface area contributed by atoms with E-state index < -0.39 is 0 Å². The van der Waals surface area contributed by atoms with E-state index in [2.05, 4.69) is 29.7 Å². The van der Waals surface area contributed by atoms with Crippen molar-refractivity contribution < 1.29 is 4.79 Å². The van der Waals surface area contributed by atoms with Gasteiger partial charge in [0, 0.05) is 19.0 Å². The van der Waals surface area contributed by atoms with E-state index in [0.717, 1.165) is 19.5 Å². The molecule has 1 aromatic carbocycles. The Morgan fingerprint density at radius 3 is 2.89 bits per heavy atom. The van der Waals surface area contributed by atoms with Gasteiger partial charge in [-0.3, -0.25) is 4.79 Å². The van der Waals surface area contributed by atoms with Crippen molar-refractivity contribution in [3.63, 3.8) is 0 Å². The van der Waals surface area contributed by atoms with Gasteiger partial charge in [-0.1, -0.05) is 37.3 Å². The second-order valence-electron chi connectivity index (χ2n) is 5.11. The molecule has 1 aromatic rings. The molecule has 0 saturated carbocycles. The molecule has 3 nitrogen and oxygen atoms in total. The van der Waals surface area contributed by atoms with Gasteiger partial charge in [-0.15, -0.1) is 0 Å². The molecular formula is C15H22N2O. The van der Waals surface area contributed by atoms with Crippen LogP contribution >= 0.6 is 0 Å². The van der Waals surface area contributed by atoms with E-state index in [1.807, 2.05) is 18.2 Å². The Balaban J connectivity index is 1.72. The first-order chi connectivity index (χ1) is 8.75. The first-order valence-electron chi connectivity index (χ1n) is 6.80. The largest absolute Gasteiger partial charge is 0.355 e. The monoisotopic (exact) mass is 246 g/mol. The highest BCUT2D eigenvalue weighted by Crippen LogP contribution is 2.13. The van der Waals surface area contributed by atoms with Crippen molar-refractivity contribution in [3.8, 4) is 0 Å². The number of hydrogen-bond acceptors (Lipinski definition) is 2. The maximum atomic E-state index is 11.8. The summed E-state index contributed by atoms with van der Waals surface area (Å²) in [5, 5.41) is 6.37. The maximum absolute atomic E-state index is 11.8. The van der Waals surface area contributed by atoms with Gasteiger partial charge < -0.3 is 10.6 Å². The molecule has 1 fully saturated rings. The number of rotatable bonds is 5. The third kappa shape index (κ3) is 3.84. The van der Waals surface area contributed by atoms with Crippen LogP contribution in [0.3, 0.4) is 0 Å². The van der Waals surface area contributed by atoms with Crippen LogP contribution in [0, 0.1) is 0 Å². The molecule has 1 saturated heterocycles. The Hall–Kier alpha value is -1.35. The van der Waals surface area contributed by atoms with Crippen LogP contribution in [0.1, 0.15) is 37.7 Å². The van der Waals surface area contributed by atoms with E-state index in [1.165, 1.54) is 12.0 Å². The summed E-state index contributed by atoms with van der Waals surface area (Å²) in [6, 6.07) is 10.7. The summed E-state index contributed by atoms with van der Waals surface area (Å²) < 4.78 is 0. The van der Waals surface area contributed by atoms with Crippen LogP contribution in [0.15, 0.2) is 30.3 Å². The Bertz CT molecular complexity index is 371. The van der Waals surface area contributed by atoms with E-state index in [-0.39, 0.29) is 5.91 Å². The predicted octanol–water partition coefficient (Wildman–Crippen LogP) is 2.05. The summed E-state index contributed by atoms with van der Waals surface area (Å²) in [6.07, 6.45) is 2.93. The third-order valence-corrected chi connectivity index (χ3v) is 3.57. The Kier molecular flexibility index (Phi) is 4.76. The predicted molar refractivity (Wildman–Crippen MR) is 73.5 cm³/mol. The number of carbonyl (C=O) groups is 1. The summed E-state index contributed by atoms with van der Waals surface area (Å²) in [7, 11) is 0. The molecule has 2 rings (SSSR count). The van der Waals surface area contributed by atoms with Gasteiger partial charge in [-0.25, -0.2) is 0 Å². The topological polar surface area (TPSA) is 41.1 Å². The zero-order chi connectivity index (χ0) is 12.8. The van der Waals surface area contributed by atoms with Crippen molar-refractivity contribution in [3.05, 3.63) is 35.9 Å². The van der Waals surface area contributed by atoms with Crippen LogP contribution in [-0.4, -0.2) is 25.0 Å². The second-order valence-corrected chi connectivity index (χ2v) is 5.11. The molecule has 1 amide bonds. The normalized spacial score (nSPS) is 20.6. The Morgan fingerprint density at radius 2 is 2.22 bits per heavy atom. The van der Waals surface area contributed by atoms with E-state index >= 15 is 0 Å². The lowest BCUT2D eigenvalue weighted by Gasteiger charge is -2.14. The molecule has 0 bridgehead atoms. The van der Waals surface area contributed by atoms with Crippen molar-refractivity contribution in [1.29, 1.82) is 0 Å². The minimum atomic E-state index is 0.164. The fraction of sp³-hybridized carbons (Fsp3) is 0.533. The van der Waals surface area contributed by atoms with Crippen molar-refractivity contribution in [2.75, 3.05) is 13.1 Å². The fourth-order valence-corrected chi connectivity index (χ4v) is 2.39. The molecule has 1 aliphatic heterocycles. The zero-order valence-corrected chi connectivity index (χ0v) is 11.0. The molecule has 0 aromatic heterocycles. The third-order valence-electron chi connectivity index (χ3n) is 3.57. The second kappa shape index (κ2) is 6.55. The smallest absolute Gasteiger partial charge is 0.221 e. The van der Waals surface area contributed by atoms with Crippen molar-refractivity contribution in [2.24, 2.45) is 0 Å². The number of benzene rings is 1. The van der Waals surface area contributed by atoms with Gasteiger partial charge in [-0.05, 0) is 30.9 Å². The molecule has 0 aliphatic carbocycles. The highest BCUT2D eigenvalue weighted by Gasteiger charge is 2.17. The summed E-state index contributed by atoms with van der Waals surface area (Å²) in [5.41, 5.74) is 1.27. The highest BCUT2D eigenvalue weighted by molar-refractivity contribution is 5.76. The van der Waals surface area contributed by atoms with Gasteiger partial charge in [0.25, 0.3) is 0 Å². The van der Waals surface area contributed by atoms with Gasteiger partial charge >= 0.3 is 0 Å². The average Bonchev–Trinajstić information content (AvgIpc) is 2.90. The highest BCUT2D eigenvalue weighted by atomic mass is 16.1. The first kappa shape index (κ1) is 13.1. The molecule has 0 radical (unpaired) electrons. The van der Waals surface area contributed by atoms with Crippen LogP contribution < -0.4 is 10.6 Å². The number of hydrogen-bond donors (Lipinski definition) is 2. The minimum absolute atomic E-state index is 0.164. The molecule has 0 spiro atoms. The van der Waals surface area contributed by atoms with Gasteiger partial charge in [0.05, 0.1) is 0 Å². The summed E-state index contributed by atoms with van der Waals surface area (Å²) in [5.74, 6) is 0.531. The van der Waals surface area contributed by atoms with Crippen molar-refractivity contribution in [1.82, 2.24) is 10.6 Å². The SMILES string of the molecule is CC(CNC(=O)CC1CCCN1)c1ccccc1. The van der Waals surface area contributed by atoms with E-state index in [9.17, 15) is 4.79 Å². The lowest BCUT2D eigenvalue weighted by molar-refractivity contribution is -0.121. The lowest BCUT2D eigenvalue weighted by atomic mass is 10.0. The Labute approximate surface area is 109 Å². The van der Waals surface area contributed by atoms with Gasteiger partial charge in [0.2, 0.25) is 5.91 Å². The summed E-state index contributed by atoms with van der Waals surface area (Å²) in [6.45, 7) is 3.91. The minimum Gasteiger partial charge on any atom is -0.355 e. The fourth-order valence-electron chi connectivity index (χ4n) is 2.39. The van der Waals surface area contributed by atoms with E-state index in [1.54, 1.807) is 0 Å². The van der Waals surface area contributed by atoms with Crippen molar-refractivity contribution >= 4 is 5.91 Å². The van der Waals surface area contributed by atoms with Crippen LogP contribution in [-0.2, 0) is 4.79 Å². The molecule has 98 valence electrons. The van der Waals surface area contributed by atoms with Crippen LogP contribution in [0.5, 0.6) is 0 Å². The lowest BCUT2D eigenvalue weighted by Crippen LogP contribution is -2.33. The molecular weight excluding hydrogens is 224 g/mol.